The van der Waals surface area contributed by atoms with Crippen LogP contribution >= 0.6 is 35.0 Å². The van der Waals surface area contributed by atoms with E-state index in [-0.39, 0.29) is 11.4 Å². The van der Waals surface area contributed by atoms with Gasteiger partial charge in [-0.1, -0.05) is 35.3 Å². The lowest BCUT2D eigenvalue weighted by atomic mass is 10.2. The van der Waals surface area contributed by atoms with E-state index in [0.29, 0.717) is 33.8 Å². The molecule has 10 heteroatoms. The van der Waals surface area contributed by atoms with E-state index in [4.69, 9.17) is 28.5 Å². The quantitative estimate of drug-likeness (QED) is 0.469. The third-order valence-corrected chi connectivity index (χ3v) is 5.58. The van der Waals surface area contributed by atoms with Crippen LogP contribution in [0.25, 0.3) is 5.69 Å². The Bertz CT molecular complexity index is 1100. The normalized spacial score (nSPS) is 10.5. The molecule has 0 unspecified atom stereocenters. The molecule has 0 bridgehead atoms. The van der Waals surface area contributed by atoms with Crippen LogP contribution in [0.4, 0.5) is 15.0 Å². The summed E-state index contributed by atoms with van der Waals surface area (Å²) >= 11 is 13.6. The zero-order chi connectivity index (χ0) is 21.5. The van der Waals surface area contributed by atoms with Crippen molar-refractivity contribution < 1.29 is 9.18 Å². The number of hydrogen-bond acceptors (Lipinski definition) is 4. The van der Waals surface area contributed by atoms with Gasteiger partial charge in [-0.3, -0.25) is 5.32 Å². The van der Waals surface area contributed by atoms with Crippen LogP contribution in [0.5, 0.6) is 0 Å². The number of thioether (sulfide) groups is 1. The molecule has 3 aromatic rings. The van der Waals surface area contributed by atoms with Crippen molar-refractivity contribution in [2.24, 2.45) is 0 Å². The number of urea groups is 1. The highest BCUT2D eigenvalue weighted by Gasteiger charge is 2.12. The number of hydrogen-bond donors (Lipinski definition) is 2. The SMILES string of the molecule is N#Cc1c(F)cccc1-n1ccc(NC(=O)NCCSCc2ccc(Cl)cc2Cl)n1. The van der Waals surface area contributed by atoms with Crippen LogP contribution in [0.3, 0.4) is 0 Å². The number of nitriles is 1. The van der Waals surface area contributed by atoms with Gasteiger partial charge in [0.2, 0.25) is 0 Å². The molecule has 0 aliphatic carbocycles. The summed E-state index contributed by atoms with van der Waals surface area (Å²) in [7, 11) is 0. The molecule has 154 valence electrons. The molecule has 0 radical (unpaired) electrons. The number of aromatic nitrogens is 2. The number of halogens is 3. The van der Waals surface area contributed by atoms with Crippen LogP contribution in [0, 0.1) is 17.1 Å². The van der Waals surface area contributed by atoms with Gasteiger partial charge >= 0.3 is 6.03 Å². The molecule has 0 spiro atoms. The molecular weight excluding hydrogens is 448 g/mol. The third kappa shape index (κ3) is 5.66. The first-order valence-electron chi connectivity index (χ1n) is 8.79. The van der Waals surface area contributed by atoms with Crippen molar-refractivity contribution in [1.29, 1.82) is 5.26 Å². The maximum atomic E-state index is 13.7. The Labute approximate surface area is 187 Å². The number of nitrogens with one attached hydrogen (secondary N) is 2. The Balaban J connectivity index is 1.46. The van der Waals surface area contributed by atoms with Crippen LogP contribution < -0.4 is 10.6 Å². The van der Waals surface area contributed by atoms with Crippen LogP contribution in [0.1, 0.15) is 11.1 Å². The first-order chi connectivity index (χ1) is 14.5. The Kier molecular flexibility index (Phi) is 7.57. The monoisotopic (exact) mass is 463 g/mol. The molecule has 2 N–H and O–H groups in total. The number of anilines is 1. The van der Waals surface area contributed by atoms with Gasteiger partial charge in [0.1, 0.15) is 17.4 Å². The second-order valence-electron chi connectivity index (χ2n) is 6.06. The molecular formula is C20H16Cl2FN5OS. The summed E-state index contributed by atoms with van der Waals surface area (Å²) in [4.78, 5) is 12.0. The summed E-state index contributed by atoms with van der Waals surface area (Å²) in [6.07, 6.45) is 1.54. The van der Waals surface area contributed by atoms with Crippen LogP contribution in [0.15, 0.2) is 48.7 Å². The number of carbonyl (C=O) groups is 1. The number of amides is 2. The predicted octanol–water partition coefficient (Wildman–Crippen LogP) is 5.24. The average molecular weight is 464 g/mol. The highest BCUT2D eigenvalue weighted by atomic mass is 35.5. The molecule has 0 saturated carbocycles. The Morgan fingerprint density at radius 3 is 2.87 bits per heavy atom. The maximum Gasteiger partial charge on any atom is 0.320 e. The van der Waals surface area contributed by atoms with Crippen molar-refractivity contribution in [3.05, 3.63) is 75.7 Å². The summed E-state index contributed by atoms with van der Waals surface area (Å²) in [5.41, 5.74) is 1.16. The van der Waals surface area contributed by atoms with Gasteiger partial charge in [-0.15, -0.1) is 5.10 Å². The van der Waals surface area contributed by atoms with Gasteiger partial charge in [0.05, 0.1) is 5.69 Å². The molecule has 30 heavy (non-hydrogen) atoms. The maximum absolute atomic E-state index is 13.7. The van der Waals surface area contributed by atoms with E-state index in [1.807, 2.05) is 12.1 Å². The Hall–Kier alpha value is -2.73. The first-order valence-corrected chi connectivity index (χ1v) is 10.7. The minimum Gasteiger partial charge on any atom is -0.337 e. The smallest absolute Gasteiger partial charge is 0.320 e. The molecule has 0 aliphatic heterocycles. The summed E-state index contributed by atoms with van der Waals surface area (Å²) in [6.45, 7) is 0.449. The number of rotatable bonds is 7. The minimum atomic E-state index is -0.630. The van der Waals surface area contributed by atoms with E-state index in [1.165, 1.54) is 23.0 Å². The first kappa shape index (κ1) is 22.0. The van der Waals surface area contributed by atoms with Crippen molar-refractivity contribution in [3.63, 3.8) is 0 Å². The predicted molar refractivity (Wildman–Crippen MR) is 118 cm³/mol. The van der Waals surface area contributed by atoms with E-state index in [2.05, 4.69) is 15.7 Å². The molecule has 2 amide bonds. The van der Waals surface area contributed by atoms with Gasteiger partial charge in [0, 0.05) is 40.4 Å². The topological polar surface area (TPSA) is 82.7 Å². The molecule has 0 saturated heterocycles. The highest BCUT2D eigenvalue weighted by molar-refractivity contribution is 7.98. The standard InChI is InChI=1S/C20H16Cl2FN5OS/c21-14-5-4-13(16(22)10-14)12-30-9-7-25-20(29)26-19-6-8-28(27-19)18-3-1-2-17(23)15(18)11-24/h1-6,8,10H,7,9,12H2,(H2,25,26,27,29). The lowest BCUT2D eigenvalue weighted by Gasteiger charge is -2.07. The van der Waals surface area contributed by atoms with Gasteiger partial charge in [-0.2, -0.15) is 17.0 Å². The zero-order valence-electron chi connectivity index (χ0n) is 15.5. The van der Waals surface area contributed by atoms with E-state index in [0.717, 1.165) is 5.56 Å². The zero-order valence-corrected chi connectivity index (χ0v) is 17.9. The average Bonchev–Trinajstić information content (AvgIpc) is 3.17. The molecule has 0 fully saturated rings. The fourth-order valence-electron chi connectivity index (χ4n) is 2.56. The van der Waals surface area contributed by atoms with Crippen molar-refractivity contribution in [1.82, 2.24) is 15.1 Å². The van der Waals surface area contributed by atoms with Gasteiger partial charge in [-0.25, -0.2) is 13.9 Å². The molecule has 3 rings (SSSR count). The number of benzene rings is 2. The second-order valence-corrected chi connectivity index (χ2v) is 8.01. The minimum absolute atomic E-state index is 0.116. The Morgan fingerprint density at radius 1 is 1.27 bits per heavy atom. The van der Waals surface area contributed by atoms with Crippen molar-refractivity contribution in [2.45, 2.75) is 5.75 Å². The number of nitrogens with zero attached hydrogens (tertiary/aromatic N) is 3. The fraction of sp³-hybridized carbons (Fsp3) is 0.150. The van der Waals surface area contributed by atoms with E-state index in [9.17, 15) is 9.18 Å². The lowest BCUT2D eigenvalue weighted by Crippen LogP contribution is -2.30. The molecule has 0 atom stereocenters. The van der Waals surface area contributed by atoms with Gasteiger partial charge in [-0.05, 0) is 29.8 Å². The molecule has 1 aromatic heterocycles. The van der Waals surface area contributed by atoms with E-state index in [1.54, 1.807) is 36.0 Å². The van der Waals surface area contributed by atoms with Gasteiger partial charge in [0.25, 0.3) is 0 Å². The summed E-state index contributed by atoms with van der Waals surface area (Å²) in [5, 5.41) is 19.8. The van der Waals surface area contributed by atoms with Crippen LogP contribution in [-0.2, 0) is 5.75 Å². The third-order valence-electron chi connectivity index (χ3n) is 3.99. The largest absolute Gasteiger partial charge is 0.337 e. The lowest BCUT2D eigenvalue weighted by molar-refractivity contribution is 0.252. The summed E-state index contributed by atoms with van der Waals surface area (Å²) < 4.78 is 15.1. The Morgan fingerprint density at radius 2 is 2.10 bits per heavy atom. The molecule has 0 aliphatic rings. The van der Waals surface area contributed by atoms with E-state index < -0.39 is 11.8 Å². The number of carbonyl (C=O) groups excluding carboxylic acids is 1. The molecule has 6 nitrogen and oxygen atoms in total. The highest BCUT2D eigenvalue weighted by Crippen LogP contribution is 2.24. The van der Waals surface area contributed by atoms with Crippen LogP contribution in [0.2, 0.25) is 10.0 Å². The second kappa shape index (κ2) is 10.3. The van der Waals surface area contributed by atoms with Gasteiger partial charge < -0.3 is 5.32 Å². The van der Waals surface area contributed by atoms with E-state index >= 15 is 0 Å². The van der Waals surface area contributed by atoms with Gasteiger partial charge in [0.15, 0.2) is 5.82 Å². The fourth-order valence-corrected chi connectivity index (χ4v) is 3.97. The van der Waals surface area contributed by atoms with Crippen molar-refractivity contribution in [2.75, 3.05) is 17.6 Å². The summed E-state index contributed by atoms with van der Waals surface area (Å²) in [6, 6.07) is 12.6. The van der Waals surface area contributed by atoms with Crippen molar-refractivity contribution in [3.8, 4) is 11.8 Å². The van der Waals surface area contributed by atoms with Crippen LogP contribution in [-0.4, -0.2) is 28.1 Å². The molecule has 2 aromatic carbocycles. The molecule has 1 heterocycles. The summed E-state index contributed by atoms with van der Waals surface area (Å²) in [5.74, 6) is 1.05. The van der Waals surface area contributed by atoms with Crippen molar-refractivity contribution >= 4 is 46.8 Å².